The molecule has 0 radical (unpaired) electrons. The van der Waals surface area contributed by atoms with E-state index < -0.39 is 0 Å². The van der Waals surface area contributed by atoms with E-state index in [1.165, 1.54) is 6.08 Å². The van der Waals surface area contributed by atoms with Gasteiger partial charge in [-0.05, 0) is 42.5 Å². The predicted molar refractivity (Wildman–Crippen MR) is 132 cm³/mol. The molecule has 10 nitrogen and oxygen atoms in total. The van der Waals surface area contributed by atoms with Crippen LogP contribution in [0.1, 0.15) is 10.4 Å². The highest BCUT2D eigenvalue weighted by molar-refractivity contribution is 6.00. The Morgan fingerprint density at radius 3 is 2.63 bits per heavy atom. The number of aromatic amines is 1. The largest absolute Gasteiger partial charge is 0.378 e. The van der Waals surface area contributed by atoms with Crippen LogP contribution in [0.15, 0.2) is 67.4 Å². The van der Waals surface area contributed by atoms with Gasteiger partial charge >= 0.3 is 0 Å². The second-order valence-corrected chi connectivity index (χ2v) is 7.91. The lowest BCUT2D eigenvalue weighted by Gasteiger charge is -2.26. The maximum atomic E-state index is 12.7. The summed E-state index contributed by atoms with van der Waals surface area (Å²) in [7, 11) is 0. The van der Waals surface area contributed by atoms with Gasteiger partial charge in [0.1, 0.15) is 0 Å². The first-order valence-electron chi connectivity index (χ1n) is 11.1. The zero-order valence-electron chi connectivity index (χ0n) is 18.8. The van der Waals surface area contributed by atoms with Gasteiger partial charge in [0.2, 0.25) is 11.9 Å². The molecule has 0 aliphatic carbocycles. The van der Waals surface area contributed by atoms with Crippen LogP contribution in [-0.4, -0.2) is 63.2 Å². The Morgan fingerprint density at radius 1 is 1.06 bits per heavy atom. The maximum Gasteiger partial charge on any atom is 0.254 e. The van der Waals surface area contributed by atoms with Crippen LogP contribution in [0, 0.1) is 0 Å². The van der Waals surface area contributed by atoms with E-state index in [9.17, 15) is 9.59 Å². The van der Waals surface area contributed by atoms with E-state index in [0.717, 1.165) is 16.6 Å². The third-order valence-electron chi connectivity index (χ3n) is 5.58. The molecule has 35 heavy (non-hydrogen) atoms. The van der Waals surface area contributed by atoms with Crippen LogP contribution in [0.25, 0.3) is 22.3 Å². The normalized spacial score (nSPS) is 13.4. The molecule has 1 aliphatic heterocycles. The molecule has 3 heterocycles. The number of hydrogen-bond acceptors (Lipinski definition) is 7. The molecule has 0 saturated carbocycles. The van der Waals surface area contributed by atoms with E-state index in [-0.39, 0.29) is 11.8 Å². The second kappa shape index (κ2) is 9.74. The smallest absolute Gasteiger partial charge is 0.254 e. The number of carbonyl (C=O) groups is 2. The summed E-state index contributed by atoms with van der Waals surface area (Å²) in [4.78, 5) is 35.4. The number of ether oxygens (including phenoxy) is 1. The van der Waals surface area contributed by atoms with Crippen LogP contribution < -0.4 is 10.6 Å². The van der Waals surface area contributed by atoms with Crippen LogP contribution in [0.5, 0.6) is 0 Å². The molecule has 2 aromatic carbocycles. The van der Waals surface area contributed by atoms with Crippen molar-refractivity contribution in [3.05, 3.63) is 72.9 Å². The molecule has 0 bridgehead atoms. The van der Waals surface area contributed by atoms with E-state index in [1.54, 1.807) is 29.3 Å². The van der Waals surface area contributed by atoms with Crippen molar-refractivity contribution in [2.45, 2.75) is 0 Å². The zero-order chi connectivity index (χ0) is 24.2. The lowest BCUT2D eigenvalue weighted by atomic mass is 10.1. The zero-order valence-corrected chi connectivity index (χ0v) is 18.8. The fourth-order valence-electron chi connectivity index (χ4n) is 3.82. The van der Waals surface area contributed by atoms with Gasteiger partial charge in [-0.3, -0.25) is 14.7 Å². The van der Waals surface area contributed by atoms with Gasteiger partial charge in [-0.25, -0.2) is 4.98 Å². The average Bonchev–Trinajstić information content (AvgIpc) is 3.37. The van der Waals surface area contributed by atoms with E-state index in [4.69, 9.17) is 9.72 Å². The molecule has 10 heteroatoms. The molecule has 1 saturated heterocycles. The summed E-state index contributed by atoms with van der Waals surface area (Å²) in [6, 6.07) is 14.5. The van der Waals surface area contributed by atoms with Gasteiger partial charge in [-0.1, -0.05) is 18.7 Å². The molecular formula is C25H23N7O3. The number of amides is 2. The highest BCUT2D eigenvalue weighted by atomic mass is 16.5. The van der Waals surface area contributed by atoms with Crippen LogP contribution in [0.3, 0.4) is 0 Å². The van der Waals surface area contributed by atoms with Gasteiger partial charge in [0, 0.05) is 35.6 Å². The Balaban J connectivity index is 1.40. The molecule has 1 fully saturated rings. The van der Waals surface area contributed by atoms with E-state index >= 15 is 0 Å². The molecular weight excluding hydrogens is 446 g/mol. The Labute approximate surface area is 201 Å². The Morgan fingerprint density at radius 2 is 1.86 bits per heavy atom. The SMILES string of the molecule is C=CC(=O)Nc1cccc(-c2nc(Nc3ccc(C(=O)N4CCOCC4)cc3)nc3[nH]ncc23)c1. The van der Waals surface area contributed by atoms with Gasteiger partial charge in [0.05, 0.1) is 30.5 Å². The lowest BCUT2D eigenvalue weighted by Crippen LogP contribution is -2.40. The van der Waals surface area contributed by atoms with Crippen molar-refractivity contribution in [1.29, 1.82) is 0 Å². The molecule has 0 atom stereocenters. The minimum absolute atomic E-state index is 0.0132. The summed E-state index contributed by atoms with van der Waals surface area (Å²) in [5.41, 5.74) is 3.98. The fourth-order valence-corrected chi connectivity index (χ4v) is 3.82. The number of benzene rings is 2. The summed E-state index contributed by atoms with van der Waals surface area (Å²) < 4.78 is 5.32. The quantitative estimate of drug-likeness (QED) is 0.370. The Hall–Kier alpha value is -4.57. The monoisotopic (exact) mass is 469 g/mol. The van der Waals surface area contributed by atoms with Crippen molar-refractivity contribution in [1.82, 2.24) is 25.1 Å². The topological polar surface area (TPSA) is 125 Å². The Bertz CT molecular complexity index is 1390. The standard InChI is InChI=1S/C25H23N7O3/c1-2-21(33)27-19-5-3-4-17(14-19)22-20-15-26-31-23(20)30-25(29-22)28-18-8-6-16(7-9-18)24(34)32-10-12-35-13-11-32/h2-9,14-15H,1,10-13H2,(H,27,33)(H2,26,28,29,30,31). The van der Waals surface area contributed by atoms with Gasteiger partial charge in [-0.15, -0.1) is 0 Å². The van der Waals surface area contributed by atoms with Gasteiger partial charge < -0.3 is 20.3 Å². The third kappa shape index (κ3) is 4.87. The predicted octanol–water partition coefficient (Wildman–Crippen LogP) is 3.36. The molecule has 176 valence electrons. The number of anilines is 3. The molecule has 0 spiro atoms. The van der Waals surface area contributed by atoms with Gasteiger partial charge in [-0.2, -0.15) is 10.1 Å². The molecule has 5 rings (SSSR count). The number of H-pyrrole nitrogens is 1. The van der Waals surface area contributed by atoms with E-state index in [2.05, 4.69) is 32.4 Å². The number of aromatic nitrogens is 4. The van der Waals surface area contributed by atoms with E-state index in [0.29, 0.717) is 54.8 Å². The Kier molecular flexibility index (Phi) is 6.18. The summed E-state index contributed by atoms with van der Waals surface area (Å²) in [6.07, 6.45) is 2.88. The second-order valence-electron chi connectivity index (χ2n) is 7.91. The van der Waals surface area contributed by atoms with Crippen molar-refractivity contribution < 1.29 is 14.3 Å². The fraction of sp³-hybridized carbons (Fsp3) is 0.160. The molecule has 4 aromatic rings. The number of hydrogen-bond donors (Lipinski definition) is 3. The van der Waals surface area contributed by atoms with Crippen molar-refractivity contribution >= 4 is 40.2 Å². The van der Waals surface area contributed by atoms with E-state index in [1.807, 2.05) is 30.3 Å². The number of nitrogens with zero attached hydrogens (tertiary/aromatic N) is 4. The first-order chi connectivity index (χ1) is 17.1. The highest BCUT2D eigenvalue weighted by Gasteiger charge is 2.18. The lowest BCUT2D eigenvalue weighted by molar-refractivity contribution is -0.111. The van der Waals surface area contributed by atoms with Crippen molar-refractivity contribution in [2.75, 3.05) is 36.9 Å². The number of rotatable bonds is 6. The summed E-state index contributed by atoms with van der Waals surface area (Å²) in [6.45, 7) is 5.79. The third-order valence-corrected chi connectivity index (χ3v) is 5.58. The van der Waals surface area contributed by atoms with Gasteiger partial charge in [0.25, 0.3) is 5.91 Å². The van der Waals surface area contributed by atoms with Crippen molar-refractivity contribution in [3.8, 4) is 11.3 Å². The summed E-state index contributed by atoms with van der Waals surface area (Å²) in [5.74, 6) is 0.0569. The number of morpholine rings is 1. The first-order valence-corrected chi connectivity index (χ1v) is 11.1. The minimum Gasteiger partial charge on any atom is -0.378 e. The van der Waals surface area contributed by atoms with Crippen molar-refractivity contribution in [2.24, 2.45) is 0 Å². The minimum atomic E-state index is -0.295. The molecule has 3 N–H and O–H groups in total. The highest BCUT2D eigenvalue weighted by Crippen LogP contribution is 2.29. The molecule has 0 unspecified atom stereocenters. The maximum absolute atomic E-state index is 12.7. The summed E-state index contributed by atoms with van der Waals surface area (Å²) in [5, 5.41) is 13.7. The summed E-state index contributed by atoms with van der Waals surface area (Å²) >= 11 is 0. The number of nitrogens with one attached hydrogen (secondary N) is 3. The van der Waals surface area contributed by atoms with Crippen molar-refractivity contribution in [3.63, 3.8) is 0 Å². The number of carbonyl (C=O) groups excluding carboxylic acids is 2. The van der Waals surface area contributed by atoms with Crippen LogP contribution in [0.4, 0.5) is 17.3 Å². The van der Waals surface area contributed by atoms with Crippen LogP contribution >= 0.6 is 0 Å². The van der Waals surface area contributed by atoms with Gasteiger partial charge in [0.15, 0.2) is 5.65 Å². The average molecular weight is 470 g/mol. The number of fused-ring (bicyclic) bond motifs is 1. The van der Waals surface area contributed by atoms with Crippen LogP contribution in [0.2, 0.25) is 0 Å². The molecule has 1 aliphatic rings. The molecule has 2 aromatic heterocycles. The first kappa shape index (κ1) is 22.2. The van der Waals surface area contributed by atoms with Crippen LogP contribution in [-0.2, 0) is 9.53 Å². The molecule has 2 amide bonds.